The van der Waals surface area contributed by atoms with Gasteiger partial charge in [0.1, 0.15) is 11.1 Å². The predicted octanol–water partition coefficient (Wildman–Crippen LogP) is 3.32. The summed E-state index contributed by atoms with van der Waals surface area (Å²) in [4.78, 5) is 17.9. The van der Waals surface area contributed by atoms with Crippen molar-refractivity contribution in [3.63, 3.8) is 0 Å². The van der Waals surface area contributed by atoms with Gasteiger partial charge in [-0.3, -0.25) is 4.79 Å². The van der Waals surface area contributed by atoms with Crippen molar-refractivity contribution in [3.8, 4) is 5.88 Å². The van der Waals surface area contributed by atoms with Crippen LogP contribution in [0.2, 0.25) is 5.02 Å². The predicted molar refractivity (Wildman–Crippen MR) is 83.8 cm³/mol. The van der Waals surface area contributed by atoms with Gasteiger partial charge in [-0.1, -0.05) is 11.6 Å². The highest BCUT2D eigenvalue weighted by atomic mass is 35.5. The Kier molecular flexibility index (Phi) is 5.38. The number of carbonyl (C=O) groups is 1. The van der Waals surface area contributed by atoms with E-state index in [1.807, 2.05) is 0 Å². The molecule has 3 rings (SSSR count). The van der Waals surface area contributed by atoms with Crippen LogP contribution >= 0.6 is 11.6 Å². The quantitative estimate of drug-likeness (QED) is 0.809. The second kappa shape index (κ2) is 7.37. The molecule has 2 aliphatic rings. The molecule has 0 aliphatic carbocycles. The average Bonchev–Trinajstić information content (AvgIpc) is 3.08. The fourth-order valence-corrected chi connectivity index (χ4v) is 3.20. The number of halogens is 4. The van der Waals surface area contributed by atoms with Gasteiger partial charge in [0.2, 0.25) is 5.88 Å². The van der Waals surface area contributed by atoms with Gasteiger partial charge in [-0.15, -0.1) is 0 Å². The highest BCUT2D eigenvalue weighted by Crippen LogP contribution is 2.34. The Labute approximate surface area is 148 Å². The van der Waals surface area contributed by atoms with Gasteiger partial charge in [0.15, 0.2) is 0 Å². The fraction of sp³-hybridized carbons (Fsp3) is 0.625. The van der Waals surface area contributed by atoms with Crippen molar-refractivity contribution < 1.29 is 27.4 Å². The van der Waals surface area contributed by atoms with Crippen LogP contribution in [0, 0.1) is 5.92 Å². The highest BCUT2D eigenvalue weighted by molar-refractivity contribution is 6.32. The molecule has 1 aromatic heterocycles. The van der Waals surface area contributed by atoms with E-state index < -0.39 is 12.1 Å². The van der Waals surface area contributed by atoms with Crippen LogP contribution in [-0.2, 0) is 4.74 Å². The molecule has 1 aromatic rings. The van der Waals surface area contributed by atoms with Crippen LogP contribution in [-0.4, -0.2) is 54.4 Å². The lowest BCUT2D eigenvalue weighted by Crippen LogP contribution is -2.42. The summed E-state index contributed by atoms with van der Waals surface area (Å²) in [6.07, 6.45) is -2.41. The van der Waals surface area contributed by atoms with Crippen molar-refractivity contribution in [2.75, 3.05) is 26.3 Å². The Morgan fingerprint density at radius 3 is 2.60 bits per heavy atom. The van der Waals surface area contributed by atoms with E-state index in [-0.39, 0.29) is 54.4 Å². The average molecular weight is 379 g/mol. The number of pyridine rings is 1. The number of hydrogen-bond acceptors (Lipinski definition) is 4. The molecule has 0 bridgehead atoms. The van der Waals surface area contributed by atoms with Gasteiger partial charge in [0, 0.05) is 25.7 Å². The van der Waals surface area contributed by atoms with Crippen molar-refractivity contribution in [3.05, 3.63) is 22.8 Å². The SMILES string of the molecule is O=C(c1cnc(OC2CCOC2)c(Cl)c1)N1CCC(C(F)(F)F)CC1. The van der Waals surface area contributed by atoms with E-state index in [1.54, 1.807) is 0 Å². The Bertz CT molecular complexity index is 628. The lowest BCUT2D eigenvalue weighted by atomic mass is 9.96. The minimum Gasteiger partial charge on any atom is -0.471 e. The first-order valence-electron chi connectivity index (χ1n) is 8.10. The molecule has 2 saturated heterocycles. The van der Waals surface area contributed by atoms with Gasteiger partial charge < -0.3 is 14.4 Å². The molecular formula is C16H18ClF3N2O3. The number of ether oxygens (including phenoxy) is 2. The molecule has 2 aliphatic heterocycles. The van der Waals surface area contributed by atoms with Crippen molar-refractivity contribution in [2.24, 2.45) is 5.92 Å². The zero-order chi connectivity index (χ0) is 18.0. The van der Waals surface area contributed by atoms with E-state index in [0.29, 0.717) is 13.2 Å². The van der Waals surface area contributed by atoms with Crippen molar-refractivity contribution >= 4 is 17.5 Å². The Balaban J connectivity index is 1.62. The maximum absolute atomic E-state index is 12.7. The van der Waals surface area contributed by atoms with E-state index in [1.165, 1.54) is 17.2 Å². The standard InChI is InChI=1S/C16H18ClF3N2O3/c17-13-7-10(8-21-14(13)25-12-3-6-24-9-12)15(23)22-4-1-11(2-5-22)16(18,19)20/h7-8,11-12H,1-6,9H2. The molecule has 0 N–H and O–H groups in total. The summed E-state index contributed by atoms with van der Waals surface area (Å²) in [5.41, 5.74) is 0.241. The molecule has 0 spiro atoms. The van der Waals surface area contributed by atoms with Gasteiger partial charge in [-0.25, -0.2) is 4.98 Å². The summed E-state index contributed by atoms with van der Waals surface area (Å²) in [6.45, 7) is 1.22. The van der Waals surface area contributed by atoms with Crippen LogP contribution in [0.25, 0.3) is 0 Å². The molecule has 0 aromatic carbocycles. The molecular weight excluding hydrogens is 361 g/mol. The molecule has 9 heteroatoms. The topological polar surface area (TPSA) is 51.7 Å². The molecule has 5 nitrogen and oxygen atoms in total. The number of piperidine rings is 1. The van der Waals surface area contributed by atoms with Crippen LogP contribution in [0.1, 0.15) is 29.6 Å². The number of hydrogen-bond donors (Lipinski definition) is 0. The largest absolute Gasteiger partial charge is 0.471 e. The molecule has 0 saturated carbocycles. The number of amides is 1. The number of rotatable bonds is 3. The van der Waals surface area contributed by atoms with E-state index in [4.69, 9.17) is 21.1 Å². The minimum absolute atomic E-state index is 0.0678. The van der Waals surface area contributed by atoms with E-state index >= 15 is 0 Å². The summed E-state index contributed by atoms with van der Waals surface area (Å²) >= 11 is 6.13. The monoisotopic (exact) mass is 378 g/mol. The first-order valence-corrected chi connectivity index (χ1v) is 8.48. The molecule has 1 atom stereocenters. The van der Waals surface area contributed by atoms with Gasteiger partial charge in [0.25, 0.3) is 5.91 Å². The number of aromatic nitrogens is 1. The van der Waals surface area contributed by atoms with Crippen LogP contribution in [0.4, 0.5) is 13.2 Å². The smallest absolute Gasteiger partial charge is 0.391 e. The number of alkyl halides is 3. The highest BCUT2D eigenvalue weighted by Gasteiger charge is 2.41. The first kappa shape index (κ1) is 18.3. The van der Waals surface area contributed by atoms with Gasteiger partial charge in [-0.2, -0.15) is 13.2 Å². The third-order valence-corrected chi connectivity index (χ3v) is 4.74. The zero-order valence-corrected chi connectivity index (χ0v) is 14.1. The fourth-order valence-electron chi connectivity index (χ4n) is 2.99. The minimum atomic E-state index is -4.21. The van der Waals surface area contributed by atoms with E-state index in [2.05, 4.69) is 4.98 Å². The zero-order valence-electron chi connectivity index (χ0n) is 13.4. The third-order valence-electron chi connectivity index (χ3n) is 4.47. The number of likely N-dealkylation sites (tertiary alicyclic amines) is 1. The van der Waals surface area contributed by atoms with Crippen LogP contribution in [0.5, 0.6) is 5.88 Å². The van der Waals surface area contributed by atoms with Crippen molar-refractivity contribution in [2.45, 2.75) is 31.5 Å². The van der Waals surface area contributed by atoms with Gasteiger partial charge in [-0.05, 0) is 18.9 Å². The first-order chi connectivity index (χ1) is 11.8. The van der Waals surface area contributed by atoms with Crippen molar-refractivity contribution in [1.29, 1.82) is 0 Å². The normalized spacial score (nSPS) is 22.2. The summed E-state index contributed by atoms with van der Waals surface area (Å²) in [7, 11) is 0. The van der Waals surface area contributed by atoms with E-state index in [9.17, 15) is 18.0 Å². The maximum Gasteiger partial charge on any atom is 0.391 e. The second-order valence-corrected chi connectivity index (χ2v) is 6.63. The van der Waals surface area contributed by atoms with E-state index in [0.717, 1.165) is 6.42 Å². The Hall–Kier alpha value is -1.54. The molecule has 25 heavy (non-hydrogen) atoms. The van der Waals surface area contributed by atoms with Crippen LogP contribution < -0.4 is 4.74 Å². The number of carbonyl (C=O) groups excluding carboxylic acids is 1. The Morgan fingerprint density at radius 2 is 2.04 bits per heavy atom. The maximum atomic E-state index is 12.7. The summed E-state index contributed by atoms with van der Waals surface area (Å²) < 4.78 is 48.9. The third kappa shape index (κ3) is 4.36. The lowest BCUT2D eigenvalue weighted by molar-refractivity contribution is -0.183. The van der Waals surface area contributed by atoms with Crippen molar-refractivity contribution in [1.82, 2.24) is 9.88 Å². The van der Waals surface area contributed by atoms with Gasteiger partial charge in [0.05, 0.1) is 24.7 Å². The lowest BCUT2D eigenvalue weighted by Gasteiger charge is -2.32. The number of nitrogens with zero attached hydrogens (tertiary/aromatic N) is 2. The molecule has 138 valence electrons. The molecule has 1 amide bonds. The van der Waals surface area contributed by atoms with Crippen LogP contribution in [0.15, 0.2) is 12.3 Å². The Morgan fingerprint density at radius 1 is 1.32 bits per heavy atom. The molecule has 0 radical (unpaired) electrons. The summed E-state index contributed by atoms with van der Waals surface area (Å²) in [6, 6.07) is 1.44. The summed E-state index contributed by atoms with van der Waals surface area (Å²) in [5.74, 6) is -1.49. The second-order valence-electron chi connectivity index (χ2n) is 6.22. The molecule has 3 heterocycles. The molecule has 2 fully saturated rings. The summed E-state index contributed by atoms with van der Waals surface area (Å²) in [5, 5.41) is 0.197. The molecule has 1 unspecified atom stereocenters. The van der Waals surface area contributed by atoms with Gasteiger partial charge >= 0.3 is 6.18 Å². The van der Waals surface area contributed by atoms with Crippen LogP contribution in [0.3, 0.4) is 0 Å².